The lowest BCUT2D eigenvalue weighted by Gasteiger charge is -2.25. The number of carbonyl (C=O) groups excluding carboxylic acids is 1. The highest BCUT2D eigenvalue weighted by Gasteiger charge is 2.32. The number of amides is 1. The van der Waals surface area contributed by atoms with E-state index in [0.29, 0.717) is 0 Å². The first kappa shape index (κ1) is 21.6. The predicted molar refractivity (Wildman–Crippen MR) is 124 cm³/mol. The van der Waals surface area contributed by atoms with Gasteiger partial charge in [0.1, 0.15) is 12.6 Å². The van der Waals surface area contributed by atoms with Gasteiger partial charge >= 0.3 is 12.1 Å². The number of fused-ring (bicyclic) bond motifs is 3. The first-order chi connectivity index (χ1) is 15.4. The smallest absolute Gasteiger partial charge is 0.410 e. The molecule has 3 aromatic rings. The molecule has 0 aliphatic heterocycles. The van der Waals surface area contributed by atoms with E-state index >= 15 is 0 Å². The van der Waals surface area contributed by atoms with Crippen LogP contribution in [0.5, 0.6) is 0 Å². The van der Waals surface area contributed by atoms with Crippen LogP contribution in [-0.2, 0) is 16.0 Å². The average molecular weight is 430 g/mol. The lowest BCUT2D eigenvalue weighted by atomic mass is 9.98. The van der Waals surface area contributed by atoms with Crippen molar-refractivity contribution < 1.29 is 19.4 Å². The molecule has 0 aromatic heterocycles. The highest BCUT2D eigenvalue weighted by Crippen LogP contribution is 2.44. The third-order valence-corrected chi connectivity index (χ3v) is 6.38. The van der Waals surface area contributed by atoms with E-state index < -0.39 is 18.1 Å². The average Bonchev–Trinajstić information content (AvgIpc) is 3.11. The SMILES string of the molecule is Cc1ccc(C[C@@H](C(=O)O)N(C)C(=O)OCC2c3ccccc3-c3ccccc32)cc1C. The maximum absolute atomic E-state index is 12.8. The number of aryl methyl sites for hydroxylation is 2. The molecule has 4 rings (SSSR count). The number of ether oxygens (including phenoxy) is 1. The fourth-order valence-corrected chi connectivity index (χ4v) is 4.37. The fourth-order valence-electron chi connectivity index (χ4n) is 4.37. The monoisotopic (exact) mass is 429 g/mol. The molecule has 32 heavy (non-hydrogen) atoms. The zero-order chi connectivity index (χ0) is 22.8. The van der Waals surface area contributed by atoms with Crippen LogP contribution < -0.4 is 0 Å². The fraction of sp³-hybridized carbons (Fsp3) is 0.259. The van der Waals surface area contributed by atoms with Crippen LogP contribution in [0.15, 0.2) is 66.7 Å². The first-order valence-corrected chi connectivity index (χ1v) is 10.7. The lowest BCUT2D eigenvalue weighted by Crippen LogP contribution is -2.44. The highest BCUT2D eigenvalue weighted by atomic mass is 16.6. The number of carboxylic acids is 1. The van der Waals surface area contributed by atoms with E-state index in [9.17, 15) is 14.7 Å². The Morgan fingerprint density at radius 1 is 0.938 bits per heavy atom. The molecule has 5 nitrogen and oxygen atoms in total. The van der Waals surface area contributed by atoms with Crippen molar-refractivity contribution in [2.24, 2.45) is 0 Å². The van der Waals surface area contributed by atoms with Gasteiger partial charge in [-0.25, -0.2) is 9.59 Å². The topological polar surface area (TPSA) is 66.8 Å². The van der Waals surface area contributed by atoms with Gasteiger partial charge in [0, 0.05) is 19.4 Å². The van der Waals surface area contributed by atoms with Gasteiger partial charge in [-0.1, -0.05) is 66.7 Å². The lowest BCUT2D eigenvalue weighted by molar-refractivity contribution is -0.142. The van der Waals surface area contributed by atoms with E-state index in [4.69, 9.17) is 4.74 Å². The van der Waals surface area contributed by atoms with Crippen LogP contribution in [0.4, 0.5) is 4.79 Å². The minimum Gasteiger partial charge on any atom is -0.480 e. The van der Waals surface area contributed by atoms with Crippen LogP contribution >= 0.6 is 0 Å². The summed E-state index contributed by atoms with van der Waals surface area (Å²) < 4.78 is 5.64. The van der Waals surface area contributed by atoms with Crippen LogP contribution in [0.2, 0.25) is 0 Å². The van der Waals surface area contributed by atoms with Gasteiger partial charge in [-0.3, -0.25) is 4.90 Å². The Balaban J connectivity index is 1.48. The molecule has 1 N–H and O–H groups in total. The minimum atomic E-state index is -1.06. The molecule has 0 heterocycles. The molecule has 164 valence electrons. The quantitative estimate of drug-likeness (QED) is 0.586. The van der Waals surface area contributed by atoms with E-state index in [1.165, 1.54) is 11.9 Å². The molecule has 0 radical (unpaired) electrons. The number of likely N-dealkylation sites (N-methyl/N-ethyl adjacent to an activating group) is 1. The number of carbonyl (C=O) groups is 2. The van der Waals surface area contributed by atoms with Gasteiger partial charge in [0.2, 0.25) is 0 Å². The Labute approximate surface area is 188 Å². The van der Waals surface area contributed by atoms with Crippen molar-refractivity contribution in [1.82, 2.24) is 4.90 Å². The van der Waals surface area contributed by atoms with Gasteiger partial charge in [-0.2, -0.15) is 0 Å². The maximum atomic E-state index is 12.8. The van der Waals surface area contributed by atoms with E-state index in [2.05, 4.69) is 24.3 Å². The van der Waals surface area contributed by atoms with E-state index in [-0.39, 0.29) is 18.9 Å². The van der Waals surface area contributed by atoms with Crippen molar-refractivity contribution in [1.29, 1.82) is 0 Å². The molecule has 1 aliphatic rings. The van der Waals surface area contributed by atoms with Crippen molar-refractivity contribution in [2.45, 2.75) is 32.2 Å². The molecule has 1 atom stereocenters. The standard InChI is InChI=1S/C27H27NO4/c1-17-12-13-19(14-18(17)2)15-25(26(29)30)28(3)27(31)32-16-24-22-10-6-4-8-20(22)21-9-5-7-11-23(21)24/h4-14,24-25H,15-16H2,1-3H3,(H,29,30)/t25-/m0/s1. The van der Waals surface area contributed by atoms with Gasteiger partial charge in [0.05, 0.1) is 0 Å². The molecule has 0 bridgehead atoms. The number of hydrogen-bond donors (Lipinski definition) is 1. The van der Waals surface area contributed by atoms with Gasteiger partial charge in [-0.05, 0) is 52.8 Å². The Hall–Kier alpha value is -3.60. The summed E-state index contributed by atoms with van der Waals surface area (Å²) in [6.45, 7) is 4.16. The Kier molecular flexibility index (Phi) is 5.99. The normalized spacial score (nSPS) is 13.2. The Bertz CT molecular complexity index is 1120. The molecule has 1 amide bonds. The predicted octanol–water partition coefficient (Wildman–Crippen LogP) is 5.18. The summed E-state index contributed by atoms with van der Waals surface area (Å²) in [4.78, 5) is 25.9. The molecule has 0 spiro atoms. The van der Waals surface area contributed by atoms with E-state index in [1.54, 1.807) is 0 Å². The number of rotatable bonds is 6. The number of benzene rings is 3. The third kappa shape index (κ3) is 4.11. The summed E-state index contributed by atoms with van der Waals surface area (Å²) in [5, 5.41) is 9.77. The van der Waals surface area contributed by atoms with E-state index in [0.717, 1.165) is 38.9 Å². The molecule has 0 saturated carbocycles. The van der Waals surface area contributed by atoms with Gasteiger partial charge in [0.15, 0.2) is 0 Å². The highest BCUT2D eigenvalue weighted by molar-refractivity contribution is 5.81. The van der Waals surface area contributed by atoms with Crippen molar-refractivity contribution >= 4 is 12.1 Å². The van der Waals surface area contributed by atoms with Gasteiger partial charge in [0.25, 0.3) is 0 Å². The Morgan fingerprint density at radius 2 is 1.53 bits per heavy atom. The molecule has 0 unspecified atom stereocenters. The first-order valence-electron chi connectivity index (χ1n) is 10.7. The van der Waals surface area contributed by atoms with Crippen molar-refractivity contribution in [2.75, 3.05) is 13.7 Å². The van der Waals surface area contributed by atoms with Crippen LogP contribution in [0.3, 0.4) is 0 Å². The number of hydrogen-bond acceptors (Lipinski definition) is 3. The second kappa shape index (κ2) is 8.87. The second-order valence-electron chi connectivity index (χ2n) is 8.39. The number of nitrogens with zero attached hydrogens (tertiary/aromatic N) is 1. The van der Waals surface area contributed by atoms with Crippen LogP contribution in [-0.4, -0.2) is 41.8 Å². The van der Waals surface area contributed by atoms with Crippen LogP contribution in [0.25, 0.3) is 11.1 Å². The molecular weight excluding hydrogens is 402 g/mol. The second-order valence-corrected chi connectivity index (χ2v) is 8.39. The van der Waals surface area contributed by atoms with Crippen molar-refractivity contribution in [3.63, 3.8) is 0 Å². The molecule has 3 aromatic carbocycles. The largest absolute Gasteiger partial charge is 0.480 e. The minimum absolute atomic E-state index is 0.0669. The van der Waals surface area contributed by atoms with Crippen LogP contribution in [0.1, 0.15) is 33.7 Å². The molecule has 5 heteroatoms. The van der Waals surface area contributed by atoms with Crippen LogP contribution in [0, 0.1) is 13.8 Å². The zero-order valence-electron chi connectivity index (χ0n) is 18.5. The zero-order valence-corrected chi connectivity index (χ0v) is 18.5. The van der Waals surface area contributed by atoms with Crippen molar-refractivity contribution in [3.8, 4) is 11.1 Å². The summed E-state index contributed by atoms with van der Waals surface area (Å²) in [5.41, 5.74) is 7.65. The molecule has 1 aliphatic carbocycles. The maximum Gasteiger partial charge on any atom is 0.410 e. The summed E-state index contributed by atoms with van der Waals surface area (Å²) in [7, 11) is 1.48. The van der Waals surface area contributed by atoms with E-state index in [1.807, 2.05) is 56.3 Å². The number of carboxylic acid groups (broad SMARTS) is 1. The molecular formula is C27H27NO4. The Morgan fingerprint density at radius 3 is 2.09 bits per heavy atom. The molecule has 0 saturated heterocycles. The van der Waals surface area contributed by atoms with Gasteiger partial charge < -0.3 is 9.84 Å². The summed E-state index contributed by atoms with van der Waals surface area (Å²) in [6.07, 6.45) is -0.417. The summed E-state index contributed by atoms with van der Waals surface area (Å²) in [5.74, 6) is -1.12. The summed E-state index contributed by atoms with van der Waals surface area (Å²) in [6, 6.07) is 21.1. The summed E-state index contributed by atoms with van der Waals surface area (Å²) >= 11 is 0. The van der Waals surface area contributed by atoms with Gasteiger partial charge in [-0.15, -0.1) is 0 Å². The molecule has 0 fully saturated rings. The number of aliphatic carboxylic acids is 1. The third-order valence-electron chi connectivity index (χ3n) is 6.38. The van der Waals surface area contributed by atoms with Crippen molar-refractivity contribution in [3.05, 3.63) is 94.5 Å².